The number of hydrogen-bond donors (Lipinski definition) is 2. The van der Waals surface area contributed by atoms with E-state index in [0.717, 1.165) is 16.5 Å². The first-order valence-electron chi connectivity index (χ1n) is 8.42. The first-order valence-corrected chi connectivity index (χ1v) is 8.80. The van der Waals surface area contributed by atoms with Crippen LogP contribution in [-0.4, -0.2) is 35.8 Å². The molecule has 6 heteroatoms. The third kappa shape index (κ3) is 4.18. The number of aromatic hydroxyl groups is 1. The zero-order valence-electron chi connectivity index (χ0n) is 14.5. The van der Waals surface area contributed by atoms with Crippen LogP contribution in [-0.2, 0) is 17.7 Å². The molecule has 26 heavy (non-hydrogen) atoms. The Morgan fingerprint density at radius 1 is 1.19 bits per heavy atom. The van der Waals surface area contributed by atoms with Gasteiger partial charge < -0.3 is 19.7 Å². The number of benzene rings is 2. The van der Waals surface area contributed by atoms with E-state index < -0.39 is 0 Å². The van der Waals surface area contributed by atoms with Gasteiger partial charge in [0.25, 0.3) is 5.91 Å². The maximum Gasteiger partial charge on any atom is 0.267 e. The van der Waals surface area contributed by atoms with E-state index in [-0.39, 0.29) is 11.7 Å². The van der Waals surface area contributed by atoms with Gasteiger partial charge in [0, 0.05) is 36.1 Å². The number of carbonyl (C=O) groups excluding carboxylic acids is 1. The van der Waals surface area contributed by atoms with Crippen molar-refractivity contribution < 1.29 is 14.6 Å². The molecular formula is C20H21ClN2O3. The number of halogens is 1. The van der Waals surface area contributed by atoms with Gasteiger partial charge in [-0.1, -0.05) is 23.7 Å². The van der Waals surface area contributed by atoms with Crippen LogP contribution in [0.15, 0.2) is 48.5 Å². The highest BCUT2D eigenvalue weighted by molar-refractivity contribution is 6.31. The second-order valence-electron chi connectivity index (χ2n) is 6.05. The summed E-state index contributed by atoms with van der Waals surface area (Å²) in [6, 6.07) is 14.4. The Bertz CT molecular complexity index is 903. The molecule has 136 valence electrons. The van der Waals surface area contributed by atoms with Gasteiger partial charge in [0.05, 0.1) is 6.61 Å². The van der Waals surface area contributed by atoms with E-state index in [0.29, 0.717) is 36.8 Å². The number of aromatic nitrogens is 1. The molecule has 0 unspecified atom stereocenters. The van der Waals surface area contributed by atoms with E-state index in [1.807, 2.05) is 41.0 Å². The number of methoxy groups -OCH3 is 1. The van der Waals surface area contributed by atoms with Crippen molar-refractivity contribution in [2.45, 2.75) is 13.0 Å². The molecule has 0 saturated heterocycles. The van der Waals surface area contributed by atoms with Crippen LogP contribution in [0.5, 0.6) is 5.75 Å². The molecule has 2 aromatic carbocycles. The van der Waals surface area contributed by atoms with E-state index in [9.17, 15) is 9.90 Å². The average molecular weight is 373 g/mol. The topological polar surface area (TPSA) is 63.5 Å². The molecule has 0 spiro atoms. The van der Waals surface area contributed by atoms with Gasteiger partial charge in [0.15, 0.2) is 0 Å². The SMILES string of the molecule is COCCn1c(C(=O)NCCc2ccc(O)cc2)cc2cc(Cl)ccc21. The minimum absolute atomic E-state index is 0.132. The third-order valence-corrected chi connectivity index (χ3v) is 4.49. The monoisotopic (exact) mass is 372 g/mol. The molecule has 2 N–H and O–H groups in total. The highest BCUT2D eigenvalue weighted by atomic mass is 35.5. The fourth-order valence-electron chi connectivity index (χ4n) is 2.93. The van der Waals surface area contributed by atoms with Crippen LogP contribution < -0.4 is 5.32 Å². The maximum absolute atomic E-state index is 12.7. The van der Waals surface area contributed by atoms with Crippen molar-refractivity contribution in [1.29, 1.82) is 0 Å². The van der Waals surface area contributed by atoms with Gasteiger partial charge in [0.1, 0.15) is 11.4 Å². The van der Waals surface area contributed by atoms with Gasteiger partial charge in [-0.25, -0.2) is 0 Å². The number of nitrogens with one attached hydrogen (secondary N) is 1. The molecule has 0 fully saturated rings. The number of rotatable bonds is 7. The molecule has 0 aliphatic rings. The van der Waals surface area contributed by atoms with Gasteiger partial charge in [-0.05, 0) is 48.4 Å². The number of carbonyl (C=O) groups is 1. The Morgan fingerprint density at radius 3 is 2.69 bits per heavy atom. The Morgan fingerprint density at radius 2 is 1.96 bits per heavy atom. The van der Waals surface area contributed by atoms with Crippen molar-refractivity contribution in [1.82, 2.24) is 9.88 Å². The molecule has 0 radical (unpaired) electrons. The number of ether oxygens (including phenoxy) is 1. The molecule has 0 aliphatic carbocycles. The molecular weight excluding hydrogens is 352 g/mol. The predicted octanol–water partition coefficient (Wildman–Crippen LogP) is 3.62. The second-order valence-corrected chi connectivity index (χ2v) is 6.49. The number of phenolic OH excluding ortho intramolecular Hbond substituents is 1. The molecule has 0 aliphatic heterocycles. The molecule has 0 saturated carbocycles. The zero-order valence-corrected chi connectivity index (χ0v) is 15.3. The lowest BCUT2D eigenvalue weighted by Crippen LogP contribution is -2.28. The molecule has 3 rings (SSSR count). The van der Waals surface area contributed by atoms with Crippen LogP contribution in [0.25, 0.3) is 10.9 Å². The number of hydrogen-bond acceptors (Lipinski definition) is 3. The summed E-state index contributed by atoms with van der Waals surface area (Å²) in [6.07, 6.45) is 0.691. The number of fused-ring (bicyclic) bond motifs is 1. The standard InChI is InChI=1S/C20H21ClN2O3/c1-26-11-10-23-18-7-4-16(21)12-15(18)13-19(23)20(25)22-9-8-14-2-5-17(24)6-3-14/h2-7,12-13,24H,8-11H2,1H3,(H,22,25). The van der Waals surface area contributed by atoms with E-state index in [4.69, 9.17) is 16.3 Å². The fraction of sp³-hybridized carbons (Fsp3) is 0.250. The van der Waals surface area contributed by atoms with Crippen LogP contribution in [0.1, 0.15) is 16.1 Å². The van der Waals surface area contributed by atoms with Gasteiger partial charge in [-0.15, -0.1) is 0 Å². The number of phenols is 1. The van der Waals surface area contributed by atoms with Crippen molar-refractivity contribution in [3.63, 3.8) is 0 Å². The van der Waals surface area contributed by atoms with Gasteiger partial charge in [0.2, 0.25) is 0 Å². The van der Waals surface area contributed by atoms with E-state index in [1.165, 1.54) is 0 Å². The van der Waals surface area contributed by atoms with Crippen molar-refractivity contribution in [2.75, 3.05) is 20.3 Å². The summed E-state index contributed by atoms with van der Waals surface area (Å²) < 4.78 is 7.12. The van der Waals surface area contributed by atoms with Crippen LogP contribution in [0, 0.1) is 0 Å². The largest absolute Gasteiger partial charge is 0.508 e. The van der Waals surface area contributed by atoms with Crippen LogP contribution in [0.4, 0.5) is 0 Å². The highest BCUT2D eigenvalue weighted by Crippen LogP contribution is 2.23. The Hall–Kier alpha value is -2.50. The summed E-state index contributed by atoms with van der Waals surface area (Å²) in [7, 11) is 1.64. The third-order valence-electron chi connectivity index (χ3n) is 4.25. The minimum atomic E-state index is -0.132. The molecule has 0 atom stereocenters. The number of amides is 1. The highest BCUT2D eigenvalue weighted by Gasteiger charge is 2.15. The Kier molecular flexibility index (Phi) is 5.81. The van der Waals surface area contributed by atoms with Crippen molar-refractivity contribution in [3.8, 4) is 5.75 Å². The van der Waals surface area contributed by atoms with Crippen molar-refractivity contribution in [3.05, 3.63) is 64.8 Å². The van der Waals surface area contributed by atoms with E-state index in [2.05, 4.69) is 5.32 Å². The quantitative estimate of drug-likeness (QED) is 0.665. The minimum Gasteiger partial charge on any atom is -0.508 e. The lowest BCUT2D eigenvalue weighted by molar-refractivity contribution is 0.0942. The molecule has 1 amide bonds. The van der Waals surface area contributed by atoms with Crippen LogP contribution in [0.2, 0.25) is 5.02 Å². The summed E-state index contributed by atoms with van der Waals surface area (Å²) in [4.78, 5) is 12.7. The zero-order chi connectivity index (χ0) is 18.5. The summed E-state index contributed by atoms with van der Waals surface area (Å²) in [6.45, 7) is 1.61. The molecule has 5 nitrogen and oxygen atoms in total. The summed E-state index contributed by atoms with van der Waals surface area (Å²) in [5.74, 6) is 0.103. The van der Waals surface area contributed by atoms with Gasteiger partial charge >= 0.3 is 0 Å². The normalized spacial score (nSPS) is 11.0. The van der Waals surface area contributed by atoms with Gasteiger partial charge in [-0.3, -0.25) is 4.79 Å². The van der Waals surface area contributed by atoms with E-state index in [1.54, 1.807) is 19.2 Å². The fourth-order valence-corrected chi connectivity index (χ4v) is 3.11. The van der Waals surface area contributed by atoms with Crippen LogP contribution >= 0.6 is 11.6 Å². The summed E-state index contributed by atoms with van der Waals surface area (Å²) in [5.41, 5.74) is 2.59. The lowest BCUT2D eigenvalue weighted by atomic mass is 10.1. The maximum atomic E-state index is 12.7. The first-order chi connectivity index (χ1) is 12.6. The van der Waals surface area contributed by atoms with E-state index >= 15 is 0 Å². The molecule has 1 aromatic heterocycles. The first kappa shape index (κ1) is 18.3. The lowest BCUT2D eigenvalue weighted by Gasteiger charge is -2.11. The van der Waals surface area contributed by atoms with Gasteiger partial charge in [-0.2, -0.15) is 0 Å². The second kappa shape index (κ2) is 8.25. The van der Waals surface area contributed by atoms with Crippen molar-refractivity contribution in [2.24, 2.45) is 0 Å². The smallest absolute Gasteiger partial charge is 0.267 e. The average Bonchev–Trinajstić information content (AvgIpc) is 2.99. The summed E-state index contributed by atoms with van der Waals surface area (Å²) in [5, 5.41) is 13.8. The number of nitrogens with zero attached hydrogens (tertiary/aromatic N) is 1. The predicted molar refractivity (Wildman–Crippen MR) is 103 cm³/mol. The summed E-state index contributed by atoms with van der Waals surface area (Å²) >= 11 is 6.07. The molecule has 0 bridgehead atoms. The van der Waals surface area contributed by atoms with Crippen molar-refractivity contribution >= 4 is 28.4 Å². The molecule has 3 aromatic rings. The molecule has 1 heterocycles. The Balaban J connectivity index is 1.74. The van der Waals surface area contributed by atoms with Crippen LogP contribution in [0.3, 0.4) is 0 Å². The Labute approximate surface area is 157 Å².